The Hall–Kier alpha value is -0.780. The van der Waals surface area contributed by atoms with E-state index >= 15 is 0 Å². The van der Waals surface area contributed by atoms with Crippen LogP contribution in [0.15, 0.2) is 40.9 Å². The molecule has 21 heavy (non-hydrogen) atoms. The van der Waals surface area contributed by atoms with Crippen molar-refractivity contribution in [2.75, 3.05) is 7.11 Å². The monoisotopic (exact) mass is 388 g/mol. The first kappa shape index (κ1) is 16.6. The smallest absolute Gasteiger partial charge is 0.122 e. The van der Waals surface area contributed by atoms with E-state index in [4.69, 9.17) is 33.8 Å². The zero-order chi connectivity index (χ0) is 15.4. The highest BCUT2D eigenvalue weighted by molar-refractivity contribution is 9.10. The molecule has 1 atom stereocenters. The summed E-state index contributed by atoms with van der Waals surface area (Å²) in [6.07, 6.45) is 0.639. The molecule has 3 nitrogen and oxygen atoms in total. The van der Waals surface area contributed by atoms with Crippen LogP contribution < -0.4 is 16.0 Å². The second kappa shape index (κ2) is 7.47. The summed E-state index contributed by atoms with van der Waals surface area (Å²) in [6, 6.07) is 11.1. The van der Waals surface area contributed by atoms with Crippen LogP contribution in [0.5, 0.6) is 5.75 Å². The van der Waals surface area contributed by atoms with E-state index in [2.05, 4.69) is 21.4 Å². The van der Waals surface area contributed by atoms with Crippen LogP contribution in [-0.4, -0.2) is 7.11 Å². The Balaban J connectivity index is 2.33. The summed E-state index contributed by atoms with van der Waals surface area (Å²) in [5, 5.41) is 1.33. The highest BCUT2D eigenvalue weighted by atomic mass is 79.9. The molecule has 2 rings (SSSR count). The fourth-order valence-corrected chi connectivity index (χ4v) is 3.32. The molecule has 0 aliphatic rings. The SMILES string of the molecule is COc1ccc(Cl)cc1CC(NN)c1ccc(Cl)cc1Br. The van der Waals surface area contributed by atoms with Crippen LogP contribution in [0.1, 0.15) is 17.2 Å². The number of hydrogen-bond acceptors (Lipinski definition) is 3. The maximum absolute atomic E-state index is 6.06. The number of halogens is 3. The molecule has 0 aliphatic heterocycles. The average Bonchev–Trinajstić information content (AvgIpc) is 2.45. The summed E-state index contributed by atoms with van der Waals surface area (Å²) in [5.74, 6) is 6.49. The molecule has 0 bridgehead atoms. The van der Waals surface area contributed by atoms with Gasteiger partial charge in [0.25, 0.3) is 0 Å². The molecule has 0 saturated heterocycles. The van der Waals surface area contributed by atoms with Gasteiger partial charge in [-0.25, -0.2) is 0 Å². The van der Waals surface area contributed by atoms with Gasteiger partial charge in [0.1, 0.15) is 5.75 Å². The maximum Gasteiger partial charge on any atom is 0.122 e. The minimum Gasteiger partial charge on any atom is -0.496 e. The number of nitrogens with one attached hydrogen (secondary N) is 1. The third-order valence-corrected chi connectivity index (χ3v) is 4.36. The van der Waals surface area contributed by atoms with Gasteiger partial charge < -0.3 is 4.74 Å². The third kappa shape index (κ3) is 4.11. The van der Waals surface area contributed by atoms with E-state index in [0.29, 0.717) is 16.5 Å². The van der Waals surface area contributed by atoms with Gasteiger partial charge in [-0.05, 0) is 47.9 Å². The van der Waals surface area contributed by atoms with Crippen molar-refractivity contribution < 1.29 is 4.74 Å². The summed E-state index contributed by atoms with van der Waals surface area (Å²) in [7, 11) is 1.63. The number of rotatable bonds is 5. The van der Waals surface area contributed by atoms with Crippen molar-refractivity contribution in [2.45, 2.75) is 12.5 Å². The second-order valence-corrected chi connectivity index (χ2v) is 6.27. The second-order valence-electron chi connectivity index (χ2n) is 4.55. The molecule has 3 N–H and O–H groups in total. The zero-order valence-corrected chi connectivity index (χ0v) is 14.5. The van der Waals surface area contributed by atoms with Crippen LogP contribution in [-0.2, 0) is 6.42 Å². The van der Waals surface area contributed by atoms with E-state index < -0.39 is 0 Å². The third-order valence-electron chi connectivity index (χ3n) is 3.21. The molecule has 0 saturated carbocycles. The van der Waals surface area contributed by atoms with E-state index in [1.54, 1.807) is 13.2 Å². The van der Waals surface area contributed by atoms with Gasteiger partial charge in [0.05, 0.1) is 13.2 Å². The molecular weight excluding hydrogens is 375 g/mol. The van der Waals surface area contributed by atoms with Crippen LogP contribution in [0.3, 0.4) is 0 Å². The zero-order valence-electron chi connectivity index (χ0n) is 11.4. The Morgan fingerprint density at radius 1 is 1.19 bits per heavy atom. The van der Waals surface area contributed by atoms with Crippen molar-refractivity contribution in [1.29, 1.82) is 0 Å². The van der Waals surface area contributed by atoms with E-state index in [1.165, 1.54) is 0 Å². The fourth-order valence-electron chi connectivity index (χ4n) is 2.17. The Morgan fingerprint density at radius 2 is 1.86 bits per heavy atom. The van der Waals surface area contributed by atoms with Gasteiger partial charge >= 0.3 is 0 Å². The first-order valence-electron chi connectivity index (χ1n) is 6.28. The number of methoxy groups -OCH3 is 1. The Kier molecular flexibility index (Phi) is 5.90. The lowest BCUT2D eigenvalue weighted by atomic mass is 9.99. The van der Waals surface area contributed by atoms with Gasteiger partial charge in [0.15, 0.2) is 0 Å². The highest BCUT2D eigenvalue weighted by Crippen LogP contribution is 2.31. The molecule has 2 aromatic rings. The molecule has 0 radical (unpaired) electrons. The largest absolute Gasteiger partial charge is 0.496 e. The molecule has 6 heteroatoms. The van der Waals surface area contributed by atoms with Crippen LogP contribution in [0.25, 0.3) is 0 Å². The quantitative estimate of drug-likeness (QED) is 0.584. The minimum absolute atomic E-state index is 0.0935. The first-order chi connectivity index (χ1) is 10.0. The van der Waals surface area contributed by atoms with Crippen molar-refractivity contribution in [1.82, 2.24) is 5.43 Å². The molecule has 112 valence electrons. The number of hydrazine groups is 1. The lowest BCUT2D eigenvalue weighted by Crippen LogP contribution is -2.30. The Bertz CT molecular complexity index is 637. The normalized spacial score (nSPS) is 12.2. The van der Waals surface area contributed by atoms with Crippen LogP contribution in [0, 0.1) is 0 Å². The summed E-state index contributed by atoms with van der Waals surface area (Å²) in [4.78, 5) is 0. The predicted octanol–water partition coefficient (Wildman–Crippen LogP) is 4.51. The van der Waals surface area contributed by atoms with E-state index in [-0.39, 0.29) is 6.04 Å². The van der Waals surface area contributed by atoms with Gasteiger partial charge in [-0.3, -0.25) is 11.3 Å². The maximum atomic E-state index is 6.06. The van der Waals surface area contributed by atoms with Crippen molar-refractivity contribution in [3.8, 4) is 5.75 Å². The average molecular weight is 390 g/mol. The predicted molar refractivity (Wildman–Crippen MR) is 90.9 cm³/mol. The van der Waals surface area contributed by atoms with Gasteiger partial charge in [-0.1, -0.05) is 45.2 Å². The fraction of sp³-hybridized carbons (Fsp3) is 0.200. The van der Waals surface area contributed by atoms with Crippen LogP contribution in [0.2, 0.25) is 10.0 Å². The topological polar surface area (TPSA) is 47.3 Å². The van der Waals surface area contributed by atoms with Crippen LogP contribution >= 0.6 is 39.1 Å². The number of benzene rings is 2. The molecular formula is C15H15BrCl2N2O. The van der Waals surface area contributed by atoms with E-state index in [1.807, 2.05) is 30.3 Å². The van der Waals surface area contributed by atoms with Crippen LogP contribution in [0.4, 0.5) is 0 Å². The summed E-state index contributed by atoms with van der Waals surface area (Å²) >= 11 is 15.6. The van der Waals surface area contributed by atoms with E-state index in [9.17, 15) is 0 Å². The van der Waals surface area contributed by atoms with Gasteiger partial charge in [0, 0.05) is 14.5 Å². The molecule has 0 spiro atoms. The number of nitrogens with two attached hydrogens (primary N) is 1. The van der Waals surface area contributed by atoms with Gasteiger partial charge in [-0.2, -0.15) is 0 Å². The Morgan fingerprint density at radius 3 is 2.48 bits per heavy atom. The standard InChI is InChI=1S/C15H15BrCl2N2O/c1-21-15-5-3-10(17)6-9(15)7-14(20-19)12-4-2-11(18)8-13(12)16/h2-6,8,14,20H,7,19H2,1H3. The number of hydrogen-bond donors (Lipinski definition) is 2. The Labute approximate surface area is 142 Å². The summed E-state index contributed by atoms with van der Waals surface area (Å²) in [5.41, 5.74) is 4.82. The lowest BCUT2D eigenvalue weighted by molar-refractivity contribution is 0.405. The van der Waals surface area contributed by atoms with Gasteiger partial charge in [0.2, 0.25) is 0 Å². The summed E-state index contributed by atoms with van der Waals surface area (Å²) < 4.78 is 6.27. The van der Waals surface area contributed by atoms with Crippen molar-refractivity contribution in [3.05, 3.63) is 62.0 Å². The highest BCUT2D eigenvalue weighted by Gasteiger charge is 2.16. The molecule has 1 unspecified atom stereocenters. The number of ether oxygens (including phenoxy) is 1. The molecule has 0 heterocycles. The van der Waals surface area contributed by atoms with Gasteiger partial charge in [-0.15, -0.1) is 0 Å². The molecule has 0 amide bonds. The molecule has 0 fully saturated rings. The molecule has 0 aromatic heterocycles. The lowest BCUT2D eigenvalue weighted by Gasteiger charge is -2.19. The van der Waals surface area contributed by atoms with E-state index in [0.717, 1.165) is 21.3 Å². The molecule has 2 aromatic carbocycles. The minimum atomic E-state index is -0.0935. The van der Waals surface area contributed by atoms with Crippen molar-refractivity contribution in [3.63, 3.8) is 0 Å². The first-order valence-corrected chi connectivity index (χ1v) is 7.83. The van der Waals surface area contributed by atoms with Crippen molar-refractivity contribution >= 4 is 39.1 Å². The molecule has 0 aliphatic carbocycles. The summed E-state index contributed by atoms with van der Waals surface area (Å²) in [6.45, 7) is 0. The van der Waals surface area contributed by atoms with Crippen molar-refractivity contribution in [2.24, 2.45) is 5.84 Å².